The highest BCUT2D eigenvalue weighted by molar-refractivity contribution is 7.99. The fraction of sp³-hybridized carbons (Fsp3) is 0.600. The van der Waals surface area contributed by atoms with E-state index in [-0.39, 0.29) is 0 Å². The van der Waals surface area contributed by atoms with Gasteiger partial charge in [-0.1, -0.05) is 32.0 Å². The number of rotatable bonds is 7. The Labute approximate surface area is 115 Å². The minimum absolute atomic E-state index is 0.716. The Hall–Kier alpha value is -0.510. The molecule has 2 nitrogen and oxygen atoms in total. The van der Waals surface area contributed by atoms with E-state index in [2.05, 4.69) is 48.3 Å². The van der Waals surface area contributed by atoms with Crippen LogP contribution in [0.15, 0.2) is 29.2 Å². The molecule has 0 saturated heterocycles. The molecular weight excluding hydrogens is 240 g/mol. The van der Waals surface area contributed by atoms with Crippen LogP contribution in [0.2, 0.25) is 0 Å². The molecule has 1 aromatic carbocycles. The van der Waals surface area contributed by atoms with E-state index in [0.717, 1.165) is 26.2 Å². The summed E-state index contributed by atoms with van der Waals surface area (Å²) in [6.45, 7) is 10.1. The number of fused-ring (bicyclic) bond motifs is 1. The van der Waals surface area contributed by atoms with Crippen LogP contribution in [0.1, 0.15) is 25.3 Å². The van der Waals surface area contributed by atoms with E-state index in [1.807, 2.05) is 11.8 Å². The van der Waals surface area contributed by atoms with Gasteiger partial charge in [-0.2, -0.15) is 0 Å². The predicted octanol–water partition coefficient (Wildman–Crippen LogP) is 2.81. The first-order valence-corrected chi connectivity index (χ1v) is 7.98. The molecule has 0 radical (unpaired) electrons. The van der Waals surface area contributed by atoms with Gasteiger partial charge in [0.25, 0.3) is 0 Å². The number of nitrogens with zero attached hydrogens (tertiary/aromatic N) is 1. The zero-order valence-corrected chi connectivity index (χ0v) is 12.3. The van der Waals surface area contributed by atoms with E-state index >= 15 is 0 Å². The maximum Gasteiger partial charge on any atom is 0.0108 e. The molecule has 0 bridgehead atoms. The lowest BCUT2D eigenvalue weighted by Gasteiger charge is -2.24. The predicted molar refractivity (Wildman–Crippen MR) is 80.6 cm³/mol. The first kappa shape index (κ1) is 13.9. The Kier molecular flexibility index (Phi) is 5.54. The van der Waals surface area contributed by atoms with Gasteiger partial charge in [-0.05, 0) is 24.7 Å². The third kappa shape index (κ3) is 3.50. The van der Waals surface area contributed by atoms with E-state index in [4.69, 9.17) is 0 Å². The second kappa shape index (κ2) is 7.17. The van der Waals surface area contributed by atoms with Gasteiger partial charge in [0.05, 0.1) is 0 Å². The highest BCUT2D eigenvalue weighted by atomic mass is 32.2. The summed E-state index contributed by atoms with van der Waals surface area (Å²) < 4.78 is 0. The lowest BCUT2D eigenvalue weighted by Crippen LogP contribution is -2.35. The van der Waals surface area contributed by atoms with Crippen LogP contribution in [0.25, 0.3) is 0 Å². The topological polar surface area (TPSA) is 15.3 Å². The molecule has 0 aromatic heterocycles. The van der Waals surface area contributed by atoms with Gasteiger partial charge in [-0.15, -0.1) is 11.8 Å². The van der Waals surface area contributed by atoms with Crippen LogP contribution < -0.4 is 5.32 Å². The van der Waals surface area contributed by atoms with Gasteiger partial charge in [-0.3, -0.25) is 0 Å². The molecule has 1 aliphatic heterocycles. The van der Waals surface area contributed by atoms with Crippen molar-refractivity contribution in [2.75, 3.05) is 38.5 Å². The highest BCUT2D eigenvalue weighted by Crippen LogP contribution is 2.39. The minimum Gasteiger partial charge on any atom is -0.316 e. The van der Waals surface area contributed by atoms with Crippen LogP contribution in [0, 0.1) is 0 Å². The molecule has 1 heterocycles. The summed E-state index contributed by atoms with van der Waals surface area (Å²) in [5.74, 6) is 1.96. The second-order valence-corrected chi connectivity index (χ2v) is 5.85. The second-order valence-electron chi connectivity index (χ2n) is 4.79. The van der Waals surface area contributed by atoms with Crippen molar-refractivity contribution in [3.8, 4) is 0 Å². The first-order valence-electron chi connectivity index (χ1n) is 7.00. The van der Waals surface area contributed by atoms with Crippen molar-refractivity contribution in [2.24, 2.45) is 0 Å². The zero-order valence-electron chi connectivity index (χ0n) is 11.5. The molecule has 0 fully saturated rings. The highest BCUT2D eigenvalue weighted by Gasteiger charge is 2.24. The molecule has 0 amide bonds. The molecule has 1 N–H and O–H groups in total. The van der Waals surface area contributed by atoms with Crippen LogP contribution in [0.5, 0.6) is 0 Å². The Morgan fingerprint density at radius 3 is 2.94 bits per heavy atom. The van der Waals surface area contributed by atoms with E-state index in [1.54, 1.807) is 5.56 Å². The van der Waals surface area contributed by atoms with E-state index in [1.165, 1.54) is 17.2 Å². The number of hydrogen-bond donors (Lipinski definition) is 1. The summed E-state index contributed by atoms with van der Waals surface area (Å²) in [6.07, 6.45) is 0. The van der Waals surface area contributed by atoms with Crippen molar-refractivity contribution in [3.05, 3.63) is 29.8 Å². The Morgan fingerprint density at radius 1 is 1.33 bits per heavy atom. The molecule has 0 spiro atoms. The average Bonchev–Trinajstić information content (AvgIpc) is 2.81. The molecular formula is C15H24N2S. The Morgan fingerprint density at radius 2 is 2.17 bits per heavy atom. The van der Waals surface area contributed by atoms with Crippen molar-refractivity contribution in [3.63, 3.8) is 0 Å². The summed E-state index contributed by atoms with van der Waals surface area (Å²) in [5, 5.41) is 3.41. The number of hydrogen-bond acceptors (Lipinski definition) is 3. The van der Waals surface area contributed by atoms with Crippen molar-refractivity contribution in [1.82, 2.24) is 10.2 Å². The molecule has 1 aliphatic rings. The Balaban J connectivity index is 1.89. The average molecular weight is 264 g/mol. The molecule has 1 aromatic rings. The van der Waals surface area contributed by atoms with Crippen LogP contribution in [0.3, 0.4) is 0 Å². The molecule has 0 saturated carbocycles. The fourth-order valence-electron chi connectivity index (χ4n) is 2.48. The molecule has 18 heavy (non-hydrogen) atoms. The number of nitrogens with one attached hydrogen (secondary N) is 1. The quantitative estimate of drug-likeness (QED) is 0.762. The molecule has 1 unspecified atom stereocenters. The summed E-state index contributed by atoms with van der Waals surface area (Å²) in [7, 11) is 0. The van der Waals surface area contributed by atoms with Gasteiger partial charge in [0, 0.05) is 36.2 Å². The summed E-state index contributed by atoms with van der Waals surface area (Å²) >= 11 is 2.01. The van der Waals surface area contributed by atoms with Crippen LogP contribution in [-0.4, -0.2) is 43.4 Å². The molecule has 3 heteroatoms. The monoisotopic (exact) mass is 264 g/mol. The number of benzene rings is 1. The standard InChI is InChI=1S/C15H24N2S/c1-3-16-9-10-17(4-2)11-13-12-18-15-8-6-5-7-14(13)15/h5-8,13,16H,3-4,9-12H2,1-2H3. The fourth-order valence-corrected chi connectivity index (χ4v) is 3.73. The lowest BCUT2D eigenvalue weighted by atomic mass is 10.0. The van der Waals surface area contributed by atoms with Gasteiger partial charge >= 0.3 is 0 Å². The van der Waals surface area contributed by atoms with Gasteiger partial charge < -0.3 is 10.2 Å². The van der Waals surface area contributed by atoms with Gasteiger partial charge in [0.1, 0.15) is 0 Å². The largest absolute Gasteiger partial charge is 0.316 e. The molecule has 100 valence electrons. The number of thioether (sulfide) groups is 1. The Bertz CT molecular complexity index is 367. The van der Waals surface area contributed by atoms with Gasteiger partial charge in [0.2, 0.25) is 0 Å². The summed E-state index contributed by atoms with van der Waals surface area (Å²) in [4.78, 5) is 4.06. The molecule has 0 aliphatic carbocycles. The zero-order chi connectivity index (χ0) is 12.8. The van der Waals surface area contributed by atoms with E-state index in [0.29, 0.717) is 5.92 Å². The van der Waals surface area contributed by atoms with Crippen molar-refractivity contribution in [1.29, 1.82) is 0 Å². The van der Waals surface area contributed by atoms with Crippen LogP contribution in [0.4, 0.5) is 0 Å². The first-order chi connectivity index (χ1) is 8.85. The normalized spacial score (nSPS) is 18.3. The van der Waals surface area contributed by atoms with Crippen molar-refractivity contribution >= 4 is 11.8 Å². The summed E-state index contributed by atoms with van der Waals surface area (Å²) in [5.41, 5.74) is 1.56. The van der Waals surface area contributed by atoms with Crippen LogP contribution in [-0.2, 0) is 0 Å². The third-order valence-corrected chi connectivity index (χ3v) is 4.83. The summed E-state index contributed by atoms with van der Waals surface area (Å²) in [6, 6.07) is 8.89. The minimum atomic E-state index is 0.716. The maximum absolute atomic E-state index is 3.41. The SMILES string of the molecule is CCNCCN(CC)CC1CSc2ccccc21. The lowest BCUT2D eigenvalue weighted by molar-refractivity contribution is 0.275. The third-order valence-electron chi connectivity index (χ3n) is 3.58. The molecule has 2 rings (SSSR count). The van der Waals surface area contributed by atoms with E-state index < -0.39 is 0 Å². The van der Waals surface area contributed by atoms with E-state index in [9.17, 15) is 0 Å². The molecule has 1 atom stereocenters. The number of likely N-dealkylation sites (N-methyl/N-ethyl adjacent to an activating group) is 2. The maximum atomic E-state index is 3.41. The smallest absolute Gasteiger partial charge is 0.0108 e. The van der Waals surface area contributed by atoms with Gasteiger partial charge in [-0.25, -0.2) is 0 Å². The van der Waals surface area contributed by atoms with Crippen molar-refractivity contribution in [2.45, 2.75) is 24.7 Å². The van der Waals surface area contributed by atoms with Crippen LogP contribution >= 0.6 is 11.8 Å². The van der Waals surface area contributed by atoms with Gasteiger partial charge in [0.15, 0.2) is 0 Å². The van der Waals surface area contributed by atoms with Crippen molar-refractivity contribution < 1.29 is 0 Å².